The van der Waals surface area contributed by atoms with E-state index in [0.29, 0.717) is 18.3 Å². The van der Waals surface area contributed by atoms with Crippen LogP contribution >= 0.6 is 0 Å². The molecule has 30 heavy (non-hydrogen) atoms. The molecule has 4 N–H and O–H groups in total. The minimum absolute atomic E-state index is 0.220. The average molecular weight is 396 g/mol. The number of aromatic nitrogens is 3. The lowest BCUT2D eigenvalue weighted by atomic mass is 10.00. The Labute approximate surface area is 173 Å². The molecule has 0 aliphatic carbocycles. The van der Waals surface area contributed by atoms with Gasteiger partial charge in [-0.1, -0.05) is 35.5 Å². The summed E-state index contributed by atoms with van der Waals surface area (Å²) in [6.45, 7) is 2.28. The van der Waals surface area contributed by atoms with Crippen molar-refractivity contribution in [2.45, 2.75) is 13.5 Å². The Morgan fingerprint density at radius 3 is 2.43 bits per heavy atom. The van der Waals surface area contributed by atoms with Gasteiger partial charge in [0.1, 0.15) is 5.75 Å². The maximum atomic E-state index is 10.5. The van der Waals surface area contributed by atoms with Crippen LogP contribution in [-0.4, -0.2) is 20.2 Å². The Kier molecular flexibility index (Phi) is 4.34. The Hall–Kier alpha value is -3.90. The van der Waals surface area contributed by atoms with E-state index in [-0.39, 0.29) is 5.75 Å². The predicted octanol–water partition coefficient (Wildman–Crippen LogP) is 5.02. The van der Waals surface area contributed by atoms with Gasteiger partial charge in [0.25, 0.3) is 0 Å². The van der Waals surface area contributed by atoms with E-state index >= 15 is 0 Å². The topological polar surface area (TPSA) is 101 Å². The number of phenols is 1. The fourth-order valence-electron chi connectivity index (χ4n) is 3.60. The summed E-state index contributed by atoms with van der Waals surface area (Å²) in [5.74, 6) is 1.31. The minimum Gasteiger partial charge on any atom is -0.507 e. The van der Waals surface area contributed by atoms with Crippen molar-refractivity contribution in [1.82, 2.24) is 15.1 Å². The zero-order valence-corrected chi connectivity index (χ0v) is 16.4. The molecule has 5 aromatic rings. The van der Waals surface area contributed by atoms with Gasteiger partial charge in [-0.2, -0.15) is 4.98 Å². The highest BCUT2D eigenvalue weighted by Gasteiger charge is 2.12. The van der Waals surface area contributed by atoms with E-state index in [2.05, 4.69) is 15.1 Å². The first kappa shape index (κ1) is 18.1. The molecule has 0 aliphatic rings. The highest BCUT2D eigenvalue weighted by molar-refractivity contribution is 5.90. The van der Waals surface area contributed by atoms with Gasteiger partial charge in [0.2, 0.25) is 11.7 Å². The van der Waals surface area contributed by atoms with Gasteiger partial charge in [0.15, 0.2) is 0 Å². The fraction of sp³-hybridized carbons (Fsp3) is 0.0833. The van der Waals surface area contributed by atoms with Crippen molar-refractivity contribution in [3.63, 3.8) is 0 Å². The van der Waals surface area contributed by atoms with Gasteiger partial charge in [-0.25, -0.2) is 0 Å². The molecule has 0 unspecified atom stereocenters. The summed E-state index contributed by atoms with van der Waals surface area (Å²) in [4.78, 5) is 7.68. The average Bonchev–Trinajstić information content (AvgIpc) is 3.39. The number of nitrogens with two attached hydrogens (primary N) is 1. The minimum atomic E-state index is 0.220. The van der Waals surface area contributed by atoms with Gasteiger partial charge in [0, 0.05) is 35.5 Å². The number of H-pyrrole nitrogens is 1. The summed E-state index contributed by atoms with van der Waals surface area (Å²) < 4.78 is 5.08. The summed E-state index contributed by atoms with van der Waals surface area (Å²) in [6, 6.07) is 21.7. The number of aromatic amines is 1. The van der Waals surface area contributed by atoms with Crippen LogP contribution < -0.4 is 5.73 Å². The quantitative estimate of drug-likeness (QED) is 0.396. The lowest BCUT2D eigenvalue weighted by Gasteiger charge is -2.08. The number of hydrogen-bond donors (Lipinski definition) is 3. The summed E-state index contributed by atoms with van der Waals surface area (Å²) in [7, 11) is 0. The van der Waals surface area contributed by atoms with E-state index in [1.165, 1.54) is 0 Å². The molecule has 0 fully saturated rings. The van der Waals surface area contributed by atoms with Gasteiger partial charge < -0.3 is 20.3 Å². The summed E-state index contributed by atoms with van der Waals surface area (Å²) >= 11 is 0. The van der Waals surface area contributed by atoms with Crippen LogP contribution in [0.1, 0.15) is 11.5 Å². The normalized spacial score (nSPS) is 11.3. The number of hydrogen-bond acceptors (Lipinski definition) is 5. The highest BCUT2D eigenvalue weighted by Crippen LogP contribution is 2.35. The molecule has 0 atom stereocenters. The van der Waals surface area contributed by atoms with Gasteiger partial charge in [0.05, 0.1) is 5.69 Å². The molecule has 0 bridgehead atoms. The van der Waals surface area contributed by atoms with Crippen LogP contribution in [0.3, 0.4) is 0 Å². The molecular weight excluding hydrogens is 376 g/mol. The maximum Gasteiger partial charge on any atom is 0.223 e. The van der Waals surface area contributed by atoms with E-state index in [0.717, 1.165) is 44.4 Å². The second-order valence-corrected chi connectivity index (χ2v) is 7.26. The maximum absolute atomic E-state index is 10.5. The first-order valence-corrected chi connectivity index (χ1v) is 9.67. The van der Waals surface area contributed by atoms with Crippen molar-refractivity contribution in [3.05, 3.63) is 78.2 Å². The molecule has 2 aromatic heterocycles. The van der Waals surface area contributed by atoms with Crippen molar-refractivity contribution in [2.75, 3.05) is 0 Å². The van der Waals surface area contributed by atoms with Gasteiger partial charge in [-0.3, -0.25) is 0 Å². The third-order valence-electron chi connectivity index (χ3n) is 5.22. The molecule has 0 radical (unpaired) electrons. The van der Waals surface area contributed by atoms with E-state index in [9.17, 15) is 5.11 Å². The molecular formula is C24H20N4O2. The Bertz CT molecular complexity index is 1350. The van der Waals surface area contributed by atoms with Gasteiger partial charge in [-0.05, 0) is 53.1 Å². The van der Waals surface area contributed by atoms with Crippen LogP contribution in [0, 0.1) is 6.92 Å². The molecule has 0 aliphatic heterocycles. The standard InChI is InChI=1S/C24H20N4O2/c1-14-26-24(28-30-14)18-6-8-21-19(10-18)12-22(27-21)20-11-17(7-9-23(20)29)16-4-2-15(13-25)3-5-16/h2-12,27,29H,13,25H2,1H3. The molecule has 3 aromatic carbocycles. The monoisotopic (exact) mass is 396 g/mol. The summed E-state index contributed by atoms with van der Waals surface area (Å²) in [5.41, 5.74) is 12.3. The first-order valence-electron chi connectivity index (χ1n) is 9.67. The molecule has 6 heteroatoms. The number of nitrogens with one attached hydrogen (secondary N) is 1. The molecule has 148 valence electrons. The molecule has 5 rings (SSSR count). The van der Waals surface area contributed by atoms with Crippen LogP contribution in [0.15, 0.2) is 71.3 Å². The van der Waals surface area contributed by atoms with Crippen molar-refractivity contribution < 1.29 is 9.63 Å². The van der Waals surface area contributed by atoms with E-state index < -0.39 is 0 Å². The largest absolute Gasteiger partial charge is 0.507 e. The predicted molar refractivity (Wildman–Crippen MR) is 117 cm³/mol. The second-order valence-electron chi connectivity index (χ2n) is 7.26. The summed E-state index contributed by atoms with van der Waals surface area (Å²) in [5, 5.41) is 15.5. The lowest BCUT2D eigenvalue weighted by Crippen LogP contribution is -1.95. The van der Waals surface area contributed by atoms with Crippen LogP contribution in [0.25, 0.3) is 44.7 Å². The fourth-order valence-corrected chi connectivity index (χ4v) is 3.60. The van der Waals surface area contributed by atoms with Crippen molar-refractivity contribution in [3.8, 4) is 39.5 Å². The van der Waals surface area contributed by atoms with Gasteiger partial charge >= 0.3 is 0 Å². The van der Waals surface area contributed by atoms with Crippen LogP contribution in [-0.2, 0) is 6.54 Å². The van der Waals surface area contributed by atoms with Gasteiger partial charge in [-0.15, -0.1) is 0 Å². The van der Waals surface area contributed by atoms with Crippen molar-refractivity contribution >= 4 is 10.9 Å². The smallest absolute Gasteiger partial charge is 0.223 e. The molecule has 0 spiro atoms. The SMILES string of the molecule is Cc1nc(-c2ccc3[nH]c(-c4cc(-c5ccc(CN)cc5)ccc4O)cc3c2)no1. The highest BCUT2D eigenvalue weighted by atomic mass is 16.5. The number of aryl methyl sites for hydroxylation is 1. The zero-order chi connectivity index (χ0) is 20.7. The van der Waals surface area contributed by atoms with Crippen molar-refractivity contribution in [2.24, 2.45) is 5.73 Å². The Morgan fingerprint density at radius 1 is 0.933 bits per heavy atom. The van der Waals surface area contributed by atoms with Crippen LogP contribution in [0.4, 0.5) is 0 Å². The van der Waals surface area contributed by atoms with E-state index in [4.69, 9.17) is 10.3 Å². The Morgan fingerprint density at radius 2 is 1.70 bits per heavy atom. The first-order chi connectivity index (χ1) is 14.6. The zero-order valence-electron chi connectivity index (χ0n) is 16.4. The third kappa shape index (κ3) is 3.23. The number of aromatic hydroxyl groups is 1. The molecule has 0 amide bonds. The molecule has 0 saturated heterocycles. The number of rotatable bonds is 4. The van der Waals surface area contributed by atoms with Crippen LogP contribution in [0.2, 0.25) is 0 Å². The number of phenolic OH excluding ortho intramolecular Hbond substituents is 1. The van der Waals surface area contributed by atoms with E-state index in [1.807, 2.05) is 60.7 Å². The van der Waals surface area contributed by atoms with E-state index in [1.54, 1.807) is 13.0 Å². The lowest BCUT2D eigenvalue weighted by molar-refractivity contribution is 0.394. The molecule has 0 saturated carbocycles. The number of fused-ring (bicyclic) bond motifs is 1. The van der Waals surface area contributed by atoms with Crippen molar-refractivity contribution in [1.29, 1.82) is 0 Å². The summed E-state index contributed by atoms with van der Waals surface area (Å²) in [6.07, 6.45) is 0. The number of benzene rings is 3. The second kappa shape index (κ2) is 7.17. The number of nitrogens with zero attached hydrogens (tertiary/aromatic N) is 2. The third-order valence-corrected chi connectivity index (χ3v) is 5.22. The molecule has 2 heterocycles. The van der Waals surface area contributed by atoms with Crippen LogP contribution in [0.5, 0.6) is 5.75 Å². The Balaban J connectivity index is 1.55. The molecule has 6 nitrogen and oxygen atoms in total.